The van der Waals surface area contributed by atoms with Crippen molar-refractivity contribution in [2.45, 2.75) is 19.8 Å². The SMILES string of the molecule is CC1CC[N-]CC1.[Cu].[NH-]CS.[NH-]CS. The summed E-state index contributed by atoms with van der Waals surface area (Å²) in [5, 5.41) is 4.23. The summed E-state index contributed by atoms with van der Waals surface area (Å²) in [6.45, 7) is 4.52. The van der Waals surface area contributed by atoms with E-state index in [0.717, 1.165) is 19.0 Å². The molecule has 0 aromatic carbocycles. The summed E-state index contributed by atoms with van der Waals surface area (Å²) in [5.74, 6) is 1.33. The minimum absolute atomic E-state index is 0. The Morgan fingerprint density at radius 3 is 1.57 bits per heavy atom. The number of nitrogens with one attached hydrogen (secondary N) is 2. The first kappa shape index (κ1) is 20.5. The third-order valence-corrected chi connectivity index (χ3v) is 1.56. The third-order valence-electron chi connectivity index (χ3n) is 1.56. The molecule has 0 aliphatic carbocycles. The predicted octanol–water partition coefficient (Wildman–Crippen LogP) is 3.64. The molecule has 0 aromatic rings. The zero-order valence-corrected chi connectivity index (χ0v) is 11.2. The summed E-state index contributed by atoms with van der Waals surface area (Å²) in [6.07, 6.45) is 2.64. The van der Waals surface area contributed by atoms with Crippen molar-refractivity contribution in [2.75, 3.05) is 24.8 Å². The molecule has 0 saturated carbocycles. The van der Waals surface area contributed by atoms with Crippen molar-refractivity contribution in [3.05, 3.63) is 16.8 Å². The molecule has 1 saturated heterocycles. The van der Waals surface area contributed by atoms with Crippen LogP contribution in [0.15, 0.2) is 0 Å². The van der Waals surface area contributed by atoms with Gasteiger partial charge in [-0.2, -0.15) is 0 Å². The van der Waals surface area contributed by atoms with Gasteiger partial charge in [-0.15, -0.1) is 24.8 Å². The summed E-state index contributed by atoms with van der Waals surface area (Å²) in [4.78, 5) is 0. The van der Waals surface area contributed by atoms with Gasteiger partial charge >= 0.3 is 0 Å². The molecule has 0 unspecified atom stereocenters. The van der Waals surface area contributed by atoms with Gasteiger partial charge in [-0.25, -0.2) is 25.3 Å². The molecule has 1 radical (unpaired) electrons. The van der Waals surface area contributed by atoms with Crippen LogP contribution in [0.4, 0.5) is 0 Å². The molecule has 0 aromatic heterocycles. The monoisotopic (exact) mass is 285 g/mol. The van der Waals surface area contributed by atoms with Crippen LogP contribution in [-0.4, -0.2) is 24.8 Å². The van der Waals surface area contributed by atoms with Crippen molar-refractivity contribution < 1.29 is 17.1 Å². The Labute approximate surface area is 109 Å². The van der Waals surface area contributed by atoms with E-state index in [4.69, 9.17) is 11.5 Å². The second-order valence-electron chi connectivity index (χ2n) is 2.67. The predicted molar refractivity (Wildman–Crippen MR) is 67.8 cm³/mol. The van der Waals surface area contributed by atoms with Gasteiger partial charge in [0.2, 0.25) is 0 Å². The van der Waals surface area contributed by atoms with Gasteiger partial charge in [0, 0.05) is 17.1 Å². The van der Waals surface area contributed by atoms with Crippen LogP contribution < -0.4 is 0 Å². The average molecular weight is 286 g/mol. The van der Waals surface area contributed by atoms with E-state index >= 15 is 0 Å². The number of piperidine rings is 1. The summed E-state index contributed by atoms with van der Waals surface area (Å²) in [5.41, 5.74) is 12.1. The summed E-state index contributed by atoms with van der Waals surface area (Å²) < 4.78 is 0. The Hall–Kier alpha value is 1.10. The van der Waals surface area contributed by atoms with Crippen molar-refractivity contribution >= 4 is 25.3 Å². The minimum Gasteiger partial charge on any atom is -0.669 e. The van der Waals surface area contributed by atoms with Crippen molar-refractivity contribution in [3.8, 4) is 0 Å². The largest absolute Gasteiger partial charge is 0.669 e. The van der Waals surface area contributed by atoms with Gasteiger partial charge in [0.15, 0.2) is 0 Å². The van der Waals surface area contributed by atoms with Crippen LogP contribution >= 0.6 is 25.3 Å². The maximum absolute atomic E-state index is 6.07. The minimum atomic E-state index is 0. The molecule has 2 N–H and O–H groups in total. The zero-order chi connectivity index (χ0) is 10.5. The maximum Gasteiger partial charge on any atom is 0 e. The van der Waals surface area contributed by atoms with Gasteiger partial charge in [-0.3, -0.25) is 0 Å². The summed E-state index contributed by atoms with van der Waals surface area (Å²) >= 11 is 6.91. The third kappa shape index (κ3) is 23.2. The topological polar surface area (TPSA) is 61.7 Å². The van der Waals surface area contributed by atoms with Crippen molar-refractivity contribution in [1.82, 2.24) is 0 Å². The number of thiol groups is 2. The first-order valence-electron chi connectivity index (χ1n) is 4.37. The molecule has 0 amide bonds. The van der Waals surface area contributed by atoms with Gasteiger partial charge in [0.1, 0.15) is 0 Å². The fourth-order valence-corrected chi connectivity index (χ4v) is 0.879. The van der Waals surface area contributed by atoms with E-state index in [1.54, 1.807) is 0 Å². The first-order valence-corrected chi connectivity index (χ1v) is 5.63. The molecule has 1 aliphatic rings. The number of nitrogens with zero attached hydrogens (tertiary/aromatic N) is 1. The summed E-state index contributed by atoms with van der Waals surface area (Å²) in [6, 6.07) is 0. The van der Waals surface area contributed by atoms with Crippen LogP contribution in [-0.2, 0) is 17.1 Å². The normalized spacial score (nSPS) is 15.2. The molecular formula is C8H20CuN3S2-3. The van der Waals surface area contributed by atoms with E-state index in [9.17, 15) is 0 Å². The van der Waals surface area contributed by atoms with Gasteiger partial charge in [0.25, 0.3) is 0 Å². The van der Waals surface area contributed by atoms with E-state index in [1.807, 2.05) is 0 Å². The molecule has 0 bridgehead atoms. The van der Waals surface area contributed by atoms with Crippen molar-refractivity contribution in [3.63, 3.8) is 0 Å². The maximum atomic E-state index is 6.07. The molecule has 3 nitrogen and oxygen atoms in total. The van der Waals surface area contributed by atoms with E-state index in [2.05, 4.69) is 37.5 Å². The van der Waals surface area contributed by atoms with Gasteiger partial charge < -0.3 is 16.8 Å². The Balaban J connectivity index is -0.000000150. The smallest absolute Gasteiger partial charge is 0 e. The second-order valence-corrected chi connectivity index (χ2v) is 3.30. The Morgan fingerprint density at radius 1 is 1.14 bits per heavy atom. The van der Waals surface area contributed by atoms with Crippen LogP contribution in [0.2, 0.25) is 0 Å². The molecule has 93 valence electrons. The Bertz CT molecular complexity index is 81.0. The van der Waals surface area contributed by atoms with Crippen LogP contribution in [0.3, 0.4) is 0 Å². The molecule has 1 fully saturated rings. The molecule has 6 heteroatoms. The van der Waals surface area contributed by atoms with E-state index in [-0.39, 0.29) is 28.8 Å². The van der Waals surface area contributed by atoms with Crippen LogP contribution in [0.25, 0.3) is 16.8 Å². The first-order chi connectivity index (χ1) is 6.22. The average Bonchev–Trinajstić information content (AvgIpc) is 2.08. The second kappa shape index (κ2) is 19.6. The Kier molecular flexibility index (Phi) is 28.8. The zero-order valence-electron chi connectivity index (χ0n) is 8.46. The van der Waals surface area contributed by atoms with Gasteiger partial charge in [-0.1, -0.05) is 19.8 Å². The fraction of sp³-hybridized carbons (Fsp3) is 1.00. The van der Waals surface area contributed by atoms with Crippen molar-refractivity contribution in [2.24, 2.45) is 5.92 Å². The molecule has 0 spiro atoms. The number of hydrogen-bond donors (Lipinski definition) is 2. The van der Waals surface area contributed by atoms with Crippen LogP contribution in [0.1, 0.15) is 19.8 Å². The van der Waals surface area contributed by atoms with Crippen LogP contribution in [0, 0.1) is 5.92 Å². The fourth-order valence-electron chi connectivity index (χ4n) is 0.879. The molecule has 1 heterocycles. The molecule has 14 heavy (non-hydrogen) atoms. The summed E-state index contributed by atoms with van der Waals surface area (Å²) in [7, 11) is 0. The van der Waals surface area contributed by atoms with E-state index < -0.39 is 0 Å². The van der Waals surface area contributed by atoms with Gasteiger partial charge in [0.05, 0.1) is 0 Å². The van der Waals surface area contributed by atoms with E-state index in [0.29, 0.717) is 0 Å². The number of rotatable bonds is 0. The van der Waals surface area contributed by atoms with Gasteiger partial charge in [-0.05, 0) is 5.92 Å². The van der Waals surface area contributed by atoms with E-state index in [1.165, 1.54) is 12.8 Å². The van der Waals surface area contributed by atoms with Crippen molar-refractivity contribution in [1.29, 1.82) is 0 Å². The number of hydrogen-bond acceptors (Lipinski definition) is 2. The molecule has 0 atom stereocenters. The molecule has 1 aliphatic heterocycles. The standard InChI is InChI=1S/C6H12N.2CH4NS.Cu/c1-6-2-4-7-5-3-6;2*2-1-3;/h6H,2-5H2,1H3;2*2-3H,1H2;/q3*-1;. The quantitative estimate of drug-likeness (QED) is 0.504. The molecular weight excluding hydrogens is 266 g/mol. The Morgan fingerprint density at radius 2 is 1.43 bits per heavy atom. The van der Waals surface area contributed by atoms with Crippen LogP contribution in [0.5, 0.6) is 0 Å². The molecule has 1 rings (SSSR count).